The number of imidazole rings is 1. The van der Waals surface area contributed by atoms with Gasteiger partial charge in [0.2, 0.25) is 0 Å². The van der Waals surface area contributed by atoms with Gasteiger partial charge in [0.25, 0.3) is 0 Å². The van der Waals surface area contributed by atoms with Crippen molar-refractivity contribution in [1.82, 2.24) is 9.55 Å². The Morgan fingerprint density at radius 2 is 1.95 bits per heavy atom. The Morgan fingerprint density at radius 3 is 2.65 bits per heavy atom. The number of hydrogen-bond donors (Lipinski definition) is 0. The average Bonchev–Trinajstić information content (AvgIpc) is 2.85. The van der Waals surface area contributed by atoms with Gasteiger partial charge in [0.05, 0.1) is 24.0 Å². The third-order valence-corrected chi connectivity index (χ3v) is 3.58. The van der Waals surface area contributed by atoms with Gasteiger partial charge < -0.3 is 9.30 Å². The van der Waals surface area contributed by atoms with Crippen LogP contribution >= 0.6 is 11.6 Å². The molecule has 0 aliphatic carbocycles. The van der Waals surface area contributed by atoms with Crippen LogP contribution < -0.4 is 4.74 Å². The maximum absolute atomic E-state index is 6.03. The lowest BCUT2D eigenvalue weighted by Crippen LogP contribution is -2.03. The molecular formula is C16H15ClN2O. The Morgan fingerprint density at radius 1 is 1.15 bits per heavy atom. The summed E-state index contributed by atoms with van der Waals surface area (Å²) >= 11 is 6.03. The summed E-state index contributed by atoms with van der Waals surface area (Å²) in [7, 11) is 1.66. The second-order valence-electron chi connectivity index (χ2n) is 4.59. The minimum absolute atomic E-state index is 0.393. The first kappa shape index (κ1) is 13.0. The van der Waals surface area contributed by atoms with Gasteiger partial charge in [0, 0.05) is 12.6 Å². The molecule has 3 aromatic rings. The quantitative estimate of drug-likeness (QED) is 0.682. The highest BCUT2D eigenvalue weighted by Gasteiger charge is 2.11. The van der Waals surface area contributed by atoms with E-state index in [1.165, 1.54) is 5.56 Å². The molecule has 0 atom stereocenters. The van der Waals surface area contributed by atoms with Crippen molar-refractivity contribution in [2.75, 3.05) is 7.11 Å². The van der Waals surface area contributed by atoms with Crippen LogP contribution in [0.5, 0.6) is 5.75 Å². The summed E-state index contributed by atoms with van der Waals surface area (Å²) in [4.78, 5) is 4.59. The number of hydrogen-bond acceptors (Lipinski definition) is 2. The fraction of sp³-hybridized carbons (Fsp3) is 0.188. The van der Waals surface area contributed by atoms with Gasteiger partial charge in [0.15, 0.2) is 0 Å². The minimum Gasteiger partial charge on any atom is -0.497 e. The van der Waals surface area contributed by atoms with E-state index in [1.54, 1.807) is 7.11 Å². The first-order chi connectivity index (χ1) is 9.81. The van der Waals surface area contributed by atoms with E-state index in [1.807, 2.05) is 36.4 Å². The highest BCUT2D eigenvalue weighted by molar-refractivity contribution is 6.16. The molecule has 0 spiro atoms. The lowest BCUT2D eigenvalue weighted by molar-refractivity contribution is 0.415. The van der Waals surface area contributed by atoms with E-state index in [0.29, 0.717) is 5.88 Å². The van der Waals surface area contributed by atoms with Crippen LogP contribution in [-0.4, -0.2) is 16.7 Å². The van der Waals surface area contributed by atoms with E-state index < -0.39 is 0 Å². The second kappa shape index (κ2) is 5.55. The normalized spacial score (nSPS) is 10.9. The summed E-state index contributed by atoms with van der Waals surface area (Å²) < 4.78 is 7.39. The molecule has 3 nitrogen and oxygen atoms in total. The standard InChI is InChI=1S/C16H15ClN2O/c1-20-13-7-8-15-14(9-13)18-16(10-17)19(15)11-12-5-3-2-4-6-12/h2-9H,10-11H2,1H3. The molecule has 0 saturated heterocycles. The Bertz CT molecular complexity index is 722. The van der Waals surface area contributed by atoms with Gasteiger partial charge in [-0.25, -0.2) is 4.98 Å². The van der Waals surface area contributed by atoms with Crippen molar-refractivity contribution >= 4 is 22.6 Å². The molecule has 0 aliphatic rings. The summed E-state index contributed by atoms with van der Waals surface area (Å²) in [6.07, 6.45) is 0. The number of nitrogens with zero attached hydrogens (tertiary/aromatic N) is 2. The second-order valence-corrected chi connectivity index (χ2v) is 4.86. The van der Waals surface area contributed by atoms with Crippen LogP contribution in [0.25, 0.3) is 11.0 Å². The van der Waals surface area contributed by atoms with Crippen molar-refractivity contribution in [2.24, 2.45) is 0 Å². The monoisotopic (exact) mass is 286 g/mol. The molecule has 0 bridgehead atoms. The fourth-order valence-corrected chi connectivity index (χ4v) is 2.53. The molecule has 0 fully saturated rings. The van der Waals surface area contributed by atoms with Crippen LogP contribution in [0.15, 0.2) is 48.5 Å². The predicted octanol–water partition coefficient (Wildman–Crippen LogP) is 3.83. The zero-order valence-corrected chi connectivity index (χ0v) is 12.0. The SMILES string of the molecule is COc1ccc2c(c1)nc(CCl)n2Cc1ccccc1. The Kier molecular flexibility index (Phi) is 3.61. The van der Waals surface area contributed by atoms with Crippen molar-refractivity contribution in [2.45, 2.75) is 12.4 Å². The van der Waals surface area contributed by atoms with Gasteiger partial charge in [0.1, 0.15) is 11.6 Å². The number of ether oxygens (including phenoxy) is 1. The number of fused-ring (bicyclic) bond motifs is 1. The molecular weight excluding hydrogens is 272 g/mol. The van der Waals surface area contributed by atoms with Crippen LogP contribution in [0.2, 0.25) is 0 Å². The molecule has 4 heteroatoms. The summed E-state index contributed by atoms with van der Waals surface area (Å²) in [5.74, 6) is 2.07. The molecule has 102 valence electrons. The van der Waals surface area contributed by atoms with E-state index in [0.717, 1.165) is 29.2 Å². The highest BCUT2D eigenvalue weighted by atomic mass is 35.5. The molecule has 1 heterocycles. The minimum atomic E-state index is 0.393. The Labute approximate surface area is 122 Å². The maximum atomic E-state index is 6.03. The molecule has 0 saturated carbocycles. The van der Waals surface area contributed by atoms with Gasteiger partial charge in [-0.2, -0.15) is 0 Å². The van der Waals surface area contributed by atoms with Gasteiger partial charge in [-0.3, -0.25) is 0 Å². The third-order valence-electron chi connectivity index (χ3n) is 3.34. The summed E-state index contributed by atoms with van der Waals surface area (Å²) in [6, 6.07) is 16.2. The topological polar surface area (TPSA) is 27.1 Å². The Hall–Kier alpha value is -2.00. The van der Waals surface area contributed by atoms with Crippen LogP contribution in [0, 0.1) is 0 Å². The summed E-state index contributed by atoms with van der Waals surface area (Å²) in [5, 5.41) is 0. The number of alkyl halides is 1. The number of aromatic nitrogens is 2. The third kappa shape index (κ3) is 2.37. The first-order valence-electron chi connectivity index (χ1n) is 6.45. The summed E-state index contributed by atoms with van der Waals surface area (Å²) in [5.41, 5.74) is 3.22. The molecule has 0 unspecified atom stereocenters. The molecule has 0 N–H and O–H groups in total. The zero-order valence-electron chi connectivity index (χ0n) is 11.2. The molecule has 1 aromatic heterocycles. The van der Waals surface area contributed by atoms with Gasteiger partial charge in [-0.1, -0.05) is 30.3 Å². The zero-order chi connectivity index (χ0) is 13.9. The lowest BCUT2D eigenvalue weighted by Gasteiger charge is -2.08. The van der Waals surface area contributed by atoms with E-state index in [4.69, 9.17) is 16.3 Å². The highest BCUT2D eigenvalue weighted by Crippen LogP contribution is 2.23. The van der Waals surface area contributed by atoms with Gasteiger partial charge in [-0.05, 0) is 17.7 Å². The number of methoxy groups -OCH3 is 1. The predicted molar refractivity (Wildman–Crippen MR) is 81.4 cm³/mol. The van der Waals surface area contributed by atoms with Crippen molar-refractivity contribution in [1.29, 1.82) is 0 Å². The van der Waals surface area contributed by atoms with Crippen LogP contribution in [0.3, 0.4) is 0 Å². The van der Waals surface area contributed by atoms with E-state index in [2.05, 4.69) is 21.7 Å². The maximum Gasteiger partial charge on any atom is 0.125 e. The molecule has 0 radical (unpaired) electrons. The van der Waals surface area contributed by atoms with Crippen molar-refractivity contribution < 1.29 is 4.74 Å². The number of rotatable bonds is 4. The van der Waals surface area contributed by atoms with Gasteiger partial charge in [-0.15, -0.1) is 11.6 Å². The fourth-order valence-electron chi connectivity index (χ4n) is 2.33. The number of benzene rings is 2. The van der Waals surface area contributed by atoms with Crippen LogP contribution in [0.4, 0.5) is 0 Å². The van der Waals surface area contributed by atoms with E-state index in [-0.39, 0.29) is 0 Å². The van der Waals surface area contributed by atoms with E-state index >= 15 is 0 Å². The van der Waals surface area contributed by atoms with E-state index in [9.17, 15) is 0 Å². The first-order valence-corrected chi connectivity index (χ1v) is 6.98. The largest absolute Gasteiger partial charge is 0.497 e. The molecule has 3 rings (SSSR count). The van der Waals surface area contributed by atoms with Crippen LogP contribution in [0.1, 0.15) is 11.4 Å². The molecule has 2 aromatic carbocycles. The van der Waals surface area contributed by atoms with Crippen molar-refractivity contribution in [3.8, 4) is 5.75 Å². The smallest absolute Gasteiger partial charge is 0.125 e. The Balaban J connectivity index is 2.08. The van der Waals surface area contributed by atoms with Crippen LogP contribution in [-0.2, 0) is 12.4 Å². The molecule has 0 aliphatic heterocycles. The van der Waals surface area contributed by atoms with Crippen molar-refractivity contribution in [3.63, 3.8) is 0 Å². The molecule has 20 heavy (non-hydrogen) atoms. The summed E-state index contributed by atoms with van der Waals surface area (Å²) in [6.45, 7) is 0.770. The van der Waals surface area contributed by atoms with Crippen molar-refractivity contribution in [3.05, 3.63) is 59.9 Å². The average molecular weight is 287 g/mol. The van der Waals surface area contributed by atoms with Gasteiger partial charge >= 0.3 is 0 Å². The lowest BCUT2D eigenvalue weighted by atomic mass is 10.2. The molecule has 0 amide bonds. The number of halogens is 1.